The van der Waals surface area contributed by atoms with Gasteiger partial charge in [-0.1, -0.05) is 35.9 Å². The van der Waals surface area contributed by atoms with Crippen LogP contribution in [0.4, 0.5) is 5.69 Å². The Labute approximate surface area is 259 Å². The third-order valence-electron chi connectivity index (χ3n) is 7.66. The highest BCUT2D eigenvalue weighted by Gasteiger charge is 2.27. The van der Waals surface area contributed by atoms with Gasteiger partial charge in [-0.2, -0.15) is 5.26 Å². The van der Waals surface area contributed by atoms with Gasteiger partial charge in [0.1, 0.15) is 17.0 Å². The Morgan fingerprint density at radius 2 is 1.87 bits per heavy atom. The van der Waals surface area contributed by atoms with Gasteiger partial charge in [-0.15, -0.1) is 0 Å². The molecule has 0 bridgehead atoms. The number of aryl methyl sites for hydroxylation is 1. The molecule has 0 aliphatic heterocycles. The van der Waals surface area contributed by atoms with Crippen LogP contribution in [0.2, 0.25) is 0 Å². The Kier molecular flexibility index (Phi) is 7.26. The number of methoxy groups -OCH3 is 1. The second-order valence-corrected chi connectivity index (χ2v) is 12.5. The number of ether oxygens (including phenoxy) is 1. The first-order valence-corrected chi connectivity index (χ1v) is 15.7. The van der Waals surface area contributed by atoms with E-state index in [-0.39, 0.29) is 17.5 Å². The quantitative estimate of drug-likeness (QED) is 0.232. The van der Waals surface area contributed by atoms with Crippen molar-refractivity contribution in [2.24, 2.45) is 0 Å². The lowest BCUT2D eigenvalue weighted by Gasteiger charge is -2.20. The van der Waals surface area contributed by atoms with E-state index in [2.05, 4.69) is 21.4 Å². The maximum absolute atomic E-state index is 13.3. The van der Waals surface area contributed by atoms with E-state index in [0.717, 1.165) is 21.6 Å². The van der Waals surface area contributed by atoms with Crippen LogP contribution in [-0.2, 0) is 10.0 Å². The number of nitriles is 1. The summed E-state index contributed by atoms with van der Waals surface area (Å²) in [5.41, 5.74) is 5.46. The summed E-state index contributed by atoms with van der Waals surface area (Å²) < 4.78 is 38.6. The second kappa shape index (κ2) is 11.1. The molecule has 3 heterocycles. The van der Waals surface area contributed by atoms with E-state index in [1.54, 1.807) is 30.3 Å². The highest BCUT2D eigenvalue weighted by atomic mass is 32.2. The van der Waals surface area contributed by atoms with Crippen LogP contribution in [0.3, 0.4) is 0 Å². The number of sulfonamides is 1. The number of hydrogen-bond donors (Lipinski definition) is 2. The van der Waals surface area contributed by atoms with Crippen molar-refractivity contribution in [3.8, 4) is 45.9 Å². The summed E-state index contributed by atoms with van der Waals surface area (Å²) in [4.78, 5) is 25.9. The van der Waals surface area contributed by atoms with Gasteiger partial charge in [-0.3, -0.25) is 9.10 Å². The molecule has 0 fully saturated rings. The van der Waals surface area contributed by atoms with E-state index in [1.165, 1.54) is 27.4 Å². The van der Waals surface area contributed by atoms with Crippen molar-refractivity contribution in [2.45, 2.75) is 6.92 Å². The van der Waals surface area contributed by atoms with E-state index in [1.807, 2.05) is 37.3 Å². The molecule has 6 rings (SSSR count). The fourth-order valence-electron chi connectivity index (χ4n) is 5.25. The smallest absolute Gasteiger partial charge is 0.255 e. The molecular formula is C33H28N6O5S. The molecule has 0 atom stereocenters. The van der Waals surface area contributed by atoms with Gasteiger partial charge in [-0.25, -0.2) is 18.4 Å². The number of carbonyl (C=O) groups excluding carboxylic acids is 1. The van der Waals surface area contributed by atoms with E-state index in [0.29, 0.717) is 61.5 Å². The maximum Gasteiger partial charge on any atom is 0.255 e. The lowest BCUT2D eigenvalue weighted by molar-refractivity contribution is 0.0964. The first kappa shape index (κ1) is 29.4. The maximum atomic E-state index is 13.3. The Balaban J connectivity index is 1.64. The zero-order valence-corrected chi connectivity index (χ0v) is 25.9. The number of nitrogens with one attached hydrogen (secondary N) is 2. The minimum Gasteiger partial charge on any atom is -0.479 e. The number of hydrogen-bond acceptors (Lipinski definition) is 8. The molecule has 0 saturated carbocycles. The number of furan rings is 1. The molecule has 0 spiro atoms. The van der Waals surface area contributed by atoms with E-state index < -0.39 is 10.0 Å². The van der Waals surface area contributed by atoms with E-state index in [9.17, 15) is 18.5 Å². The molecule has 0 aliphatic carbocycles. The Hall–Kier alpha value is -5.67. The molecule has 0 aliphatic rings. The SMILES string of the molecule is CNC(=O)c1c(-c2ccc(C)cc2)oc2cc(N(C)S(C)(=O)=O)c(-c3cnc(OC)c(-c4cc5c(C#N)cccc5[nH]4)n3)cc12. The standard InChI is InChI=1S/C33H28N6O5S/c1-18-9-11-19(12-10-18)31-29(32(40)35-2)23-13-22(27(15-28(23)44-31)39(3)45(5,41)42)26-17-36-33(43-4)30(38-26)25-14-21-20(16-34)7-6-8-24(21)37-25/h6-15,17,37H,1-5H3,(H,35,40). The topological polar surface area (TPSA) is 154 Å². The minimum absolute atomic E-state index is 0.221. The van der Waals surface area contributed by atoms with Crippen LogP contribution < -0.4 is 14.4 Å². The number of nitrogens with zero attached hydrogens (tertiary/aromatic N) is 4. The molecule has 45 heavy (non-hydrogen) atoms. The number of fused-ring (bicyclic) bond motifs is 2. The van der Waals surface area contributed by atoms with Crippen molar-refractivity contribution in [3.63, 3.8) is 0 Å². The molecule has 3 aromatic heterocycles. The molecule has 0 saturated heterocycles. The van der Waals surface area contributed by atoms with Crippen LogP contribution in [0, 0.1) is 18.3 Å². The summed E-state index contributed by atoms with van der Waals surface area (Å²) in [6.07, 6.45) is 2.58. The zero-order chi connectivity index (χ0) is 32.0. The van der Waals surface area contributed by atoms with Crippen molar-refractivity contribution >= 4 is 43.5 Å². The van der Waals surface area contributed by atoms with Gasteiger partial charge in [0.2, 0.25) is 15.9 Å². The molecule has 226 valence electrons. The summed E-state index contributed by atoms with van der Waals surface area (Å²) in [5.74, 6) is 0.202. The van der Waals surface area contributed by atoms with Gasteiger partial charge in [0.05, 0.1) is 53.8 Å². The lowest BCUT2D eigenvalue weighted by Crippen LogP contribution is -2.25. The van der Waals surface area contributed by atoms with Crippen LogP contribution in [0.25, 0.3) is 55.8 Å². The third kappa shape index (κ3) is 5.13. The predicted octanol–water partition coefficient (Wildman–Crippen LogP) is 5.65. The predicted molar refractivity (Wildman–Crippen MR) is 173 cm³/mol. The highest BCUT2D eigenvalue weighted by Crippen LogP contribution is 2.42. The first-order chi connectivity index (χ1) is 21.5. The fourth-order valence-corrected chi connectivity index (χ4v) is 5.76. The van der Waals surface area contributed by atoms with Crippen molar-refractivity contribution in [1.29, 1.82) is 5.26 Å². The lowest BCUT2D eigenvalue weighted by atomic mass is 10.0. The molecule has 0 radical (unpaired) electrons. The average Bonchev–Trinajstić information content (AvgIpc) is 3.64. The molecule has 3 aromatic carbocycles. The van der Waals surface area contributed by atoms with Crippen LogP contribution >= 0.6 is 0 Å². The van der Waals surface area contributed by atoms with Gasteiger partial charge >= 0.3 is 0 Å². The molecule has 2 N–H and O–H groups in total. The first-order valence-electron chi connectivity index (χ1n) is 13.8. The zero-order valence-electron chi connectivity index (χ0n) is 25.1. The monoisotopic (exact) mass is 620 g/mol. The summed E-state index contributed by atoms with van der Waals surface area (Å²) in [7, 11) is 0.705. The van der Waals surface area contributed by atoms with Gasteiger partial charge in [0.25, 0.3) is 5.91 Å². The molecule has 11 nitrogen and oxygen atoms in total. The summed E-state index contributed by atoms with van der Waals surface area (Å²) in [5, 5.41) is 13.5. The Bertz CT molecular complexity index is 2280. The minimum atomic E-state index is -3.73. The number of amides is 1. The molecule has 0 unspecified atom stereocenters. The fraction of sp³-hybridized carbons (Fsp3) is 0.152. The Morgan fingerprint density at radius 1 is 1.11 bits per heavy atom. The number of aromatic nitrogens is 3. The van der Waals surface area contributed by atoms with Gasteiger partial charge in [0, 0.05) is 47.6 Å². The highest BCUT2D eigenvalue weighted by molar-refractivity contribution is 7.92. The number of anilines is 1. The molecule has 6 aromatic rings. The van der Waals surface area contributed by atoms with Crippen molar-refractivity contribution < 1.29 is 22.4 Å². The number of carbonyl (C=O) groups is 1. The number of rotatable bonds is 7. The summed E-state index contributed by atoms with van der Waals surface area (Å²) in [6.45, 7) is 1.96. The summed E-state index contributed by atoms with van der Waals surface area (Å²) >= 11 is 0. The third-order valence-corrected chi connectivity index (χ3v) is 8.85. The van der Waals surface area contributed by atoms with E-state index >= 15 is 0 Å². The van der Waals surface area contributed by atoms with Crippen LogP contribution in [-0.4, -0.2) is 56.7 Å². The van der Waals surface area contributed by atoms with Crippen molar-refractivity contribution in [3.05, 3.63) is 83.6 Å². The second-order valence-electron chi connectivity index (χ2n) is 10.5. The van der Waals surface area contributed by atoms with Crippen LogP contribution in [0.5, 0.6) is 5.88 Å². The van der Waals surface area contributed by atoms with Gasteiger partial charge in [-0.05, 0) is 31.2 Å². The number of aromatic amines is 1. The molecule has 12 heteroatoms. The normalized spacial score (nSPS) is 11.5. The van der Waals surface area contributed by atoms with E-state index in [4.69, 9.17) is 14.1 Å². The average molecular weight is 621 g/mol. The van der Waals surface area contributed by atoms with Crippen molar-refractivity contribution in [1.82, 2.24) is 20.3 Å². The van der Waals surface area contributed by atoms with Gasteiger partial charge in [0.15, 0.2) is 0 Å². The van der Waals surface area contributed by atoms with Gasteiger partial charge < -0.3 is 19.5 Å². The summed E-state index contributed by atoms with van der Waals surface area (Å²) in [6, 6.07) is 20.2. The Morgan fingerprint density at radius 3 is 2.53 bits per heavy atom. The van der Waals surface area contributed by atoms with Crippen molar-refractivity contribution in [2.75, 3.05) is 31.8 Å². The number of H-pyrrole nitrogens is 1. The molecular weight excluding hydrogens is 592 g/mol. The largest absolute Gasteiger partial charge is 0.479 e. The van der Waals surface area contributed by atoms with Crippen LogP contribution in [0.15, 0.2) is 71.3 Å². The molecule has 1 amide bonds. The van der Waals surface area contributed by atoms with Crippen LogP contribution in [0.1, 0.15) is 21.5 Å². The number of benzene rings is 3.